The Bertz CT molecular complexity index is 183. The summed E-state index contributed by atoms with van der Waals surface area (Å²) in [7, 11) is 0. The highest BCUT2D eigenvalue weighted by atomic mass is 14.7. The predicted octanol–water partition coefficient (Wildman–Crippen LogP) is 2.16. The third kappa shape index (κ3) is 0.834. The normalized spacial score (nSPS) is 52.8. The molecule has 3 aliphatic carbocycles. The van der Waals surface area contributed by atoms with Gasteiger partial charge in [0.2, 0.25) is 0 Å². The first-order valence-electron chi connectivity index (χ1n) is 5.62. The van der Waals surface area contributed by atoms with Crippen molar-refractivity contribution < 1.29 is 0 Å². The van der Waals surface area contributed by atoms with E-state index in [9.17, 15) is 0 Å². The molecule has 68 valence electrons. The lowest BCUT2D eigenvalue weighted by Crippen LogP contribution is -2.41. The molecule has 0 aromatic carbocycles. The highest BCUT2D eigenvalue weighted by Crippen LogP contribution is 2.54. The van der Waals surface area contributed by atoms with Crippen molar-refractivity contribution in [3.8, 4) is 0 Å². The lowest BCUT2D eigenvalue weighted by molar-refractivity contribution is 0.128. The van der Waals surface area contributed by atoms with Crippen LogP contribution in [0, 0.1) is 23.7 Å². The van der Waals surface area contributed by atoms with E-state index in [1.54, 1.807) is 0 Å². The van der Waals surface area contributed by atoms with Gasteiger partial charge in [-0.15, -0.1) is 0 Å². The zero-order chi connectivity index (χ0) is 8.13. The first-order chi connectivity index (χ1) is 5.86. The summed E-state index contributed by atoms with van der Waals surface area (Å²) in [5.74, 6) is 3.93. The van der Waals surface area contributed by atoms with Gasteiger partial charge in [0.05, 0.1) is 0 Å². The summed E-state index contributed by atoms with van der Waals surface area (Å²) in [5, 5.41) is 0. The molecule has 0 spiro atoms. The van der Waals surface area contributed by atoms with Crippen LogP contribution in [0.2, 0.25) is 0 Å². The molecule has 3 rings (SSSR count). The average molecular weight is 165 g/mol. The number of nitrogens with two attached hydrogens (primary N) is 1. The summed E-state index contributed by atoms with van der Waals surface area (Å²) >= 11 is 0. The molecule has 0 aromatic rings. The van der Waals surface area contributed by atoms with Crippen molar-refractivity contribution in [2.24, 2.45) is 29.4 Å². The van der Waals surface area contributed by atoms with Crippen molar-refractivity contribution in [2.45, 2.75) is 44.6 Å². The molecule has 0 amide bonds. The molecule has 4 atom stereocenters. The molecule has 2 N–H and O–H groups in total. The molecule has 0 radical (unpaired) electrons. The topological polar surface area (TPSA) is 26.0 Å². The first kappa shape index (κ1) is 7.37. The van der Waals surface area contributed by atoms with E-state index in [4.69, 9.17) is 5.73 Å². The Morgan fingerprint density at radius 2 is 1.58 bits per heavy atom. The Hall–Kier alpha value is -0.0400. The summed E-state index contributed by atoms with van der Waals surface area (Å²) in [4.78, 5) is 0. The molecule has 0 heterocycles. The lowest BCUT2D eigenvalue weighted by Gasteiger charge is -2.39. The SMILES string of the molecule is N[C@H]1C(C2CCC2)[C@@H]2CC[C@H]1C2. The smallest absolute Gasteiger partial charge is 0.0101 e. The first-order valence-corrected chi connectivity index (χ1v) is 5.62. The van der Waals surface area contributed by atoms with Crippen molar-refractivity contribution >= 4 is 0 Å². The summed E-state index contributed by atoms with van der Waals surface area (Å²) in [6.07, 6.45) is 8.87. The second kappa shape index (κ2) is 2.47. The largest absolute Gasteiger partial charge is 0.327 e. The van der Waals surface area contributed by atoms with Crippen LogP contribution in [0.5, 0.6) is 0 Å². The average Bonchev–Trinajstić information content (AvgIpc) is 2.50. The van der Waals surface area contributed by atoms with Crippen LogP contribution in [0.1, 0.15) is 38.5 Å². The summed E-state index contributed by atoms with van der Waals surface area (Å²) < 4.78 is 0. The van der Waals surface area contributed by atoms with E-state index >= 15 is 0 Å². The minimum Gasteiger partial charge on any atom is -0.327 e. The third-order valence-corrected chi connectivity index (χ3v) is 4.74. The second-order valence-corrected chi connectivity index (χ2v) is 5.18. The van der Waals surface area contributed by atoms with Gasteiger partial charge in [-0.3, -0.25) is 0 Å². The maximum Gasteiger partial charge on any atom is 0.0101 e. The van der Waals surface area contributed by atoms with Gasteiger partial charge >= 0.3 is 0 Å². The van der Waals surface area contributed by atoms with Crippen molar-refractivity contribution in [1.29, 1.82) is 0 Å². The van der Waals surface area contributed by atoms with Crippen LogP contribution in [0.3, 0.4) is 0 Å². The summed E-state index contributed by atoms with van der Waals surface area (Å²) in [5.41, 5.74) is 6.27. The maximum absolute atomic E-state index is 6.27. The molecule has 12 heavy (non-hydrogen) atoms. The van der Waals surface area contributed by atoms with Crippen LogP contribution in [-0.2, 0) is 0 Å². The van der Waals surface area contributed by atoms with Crippen LogP contribution < -0.4 is 5.73 Å². The Balaban J connectivity index is 1.77. The highest BCUT2D eigenvalue weighted by molar-refractivity contribution is 5.02. The van der Waals surface area contributed by atoms with Gasteiger partial charge in [-0.1, -0.05) is 19.3 Å². The van der Waals surface area contributed by atoms with Crippen LogP contribution in [0.4, 0.5) is 0 Å². The second-order valence-electron chi connectivity index (χ2n) is 5.18. The van der Waals surface area contributed by atoms with Crippen LogP contribution in [-0.4, -0.2) is 6.04 Å². The summed E-state index contributed by atoms with van der Waals surface area (Å²) in [6, 6.07) is 0.592. The van der Waals surface area contributed by atoms with Gasteiger partial charge in [0.25, 0.3) is 0 Å². The van der Waals surface area contributed by atoms with Crippen molar-refractivity contribution in [3.05, 3.63) is 0 Å². The number of hydrogen-bond donors (Lipinski definition) is 1. The van der Waals surface area contributed by atoms with Crippen LogP contribution in [0.15, 0.2) is 0 Å². The van der Waals surface area contributed by atoms with E-state index in [2.05, 4.69) is 0 Å². The van der Waals surface area contributed by atoms with E-state index in [1.807, 2.05) is 0 Å². The summed E-state index contributed by atoms with van der Waals surface area (Å²) in [6.45, 7) is 0. The monoisotopic (exact) mass is 165 g/mol. The molecule has 3 saturated carbocycles. The lowest BCUT2D eigenvalue weighted by atomic mass is 9.68. The molecule has 0 saturated heterocycles. The Kier molecular flexibility index (Phi) is 1.52. The number of rotatable bonds is 1. The Morgan fingerprint density at radius 1 is 0.833 bits per heavy atom. The number of hydrogen-bond acceptors (Lipinski definition) is 1. The molecular weight excluding hydrogens is 146 g/mol. The van der Waals surface area contributed by atoms with Crippen molar-refractivity contribution in [2.75, 3.05) is 0 Å². The molecular formula is C11H19N. The molecule has 3 fully saturated rings. The van der Waals surface area contributed by atoms with E-state index in [-0.39, 0.29) is 0 Å². The van der Waals surface area contributed by atoms with Gasteiger partial charge in [-0.2, -0.15) is 0 Å². The minimum absolute atomic E-state index is 0.592. The van der Waals surface area contributed by atoms with Crippen LogP contribution >= 0.6 is 0 Å². The fourth-order valence-corrected chi connectivity index (χ4v) is 3.90. The molecule has 0 aromatic heterocycles. The zero-order valence-electron chi connectivity index (χ0n) is 7.71. The van der Waals surface area contributed by atoms with E-state index in [0.29, 0.717) is 6.04 Å². The predicted molar refractivity (Wildman–Crippen MR) is 49.6 cm³/mol. The fraction of sp³-hybridized carbons (Fsp3) is 1.00. The fourth-order valence-electron chi connectivity index (χ4n) is 3.90. The Morgan fingerprint density at radius 3 is 2.08 bits per heavy atom. The van der Waals surface area contributed by atoms with Gasteiger partial charge in [-0.25, -0.2) is 0 Å². The van der Waals surface area contributed by atoms with Gasteiger partial charge in [0.1, 0.15) is 0 Å². The molecule has 1 nitrogen and oxygen atoms in total. The molecule has 1 unspecified atom stereocenters. The van der Waals surface area contributed by atoms with E-state index in [1.165, 1.54) is 38.5 Å². The zero-order valence-corrected chi connectivity index (χ0v) is 7.71. The quantitative estimate of drug-likeness (QED) is 0.633. The molecule has 3 aliphatic rings. The van der Waals surface area contributed by atoms with Gasteiger partial charge < -0.3 is 5.73 Å². The van der Waals surface area contributed by atoms with Crippen molar-refractivity contribution in [3.63, 3.8) is 0 Å². The van der Waals surface area contributed by atoms with Crippen molar-refractivity contribution in [1.82, 2.24) is 0 Å². The standard InChI is InChI=1S/C11H19N/c12-11-9-5-4-8(6-9)10(11)7-2-1-3-7/h7-11H,1-6,12H2/t8-,9+,10?,11-/m1/s1. The molecule has 0 aliphatic heterocycles. The van der Waals surface area contributed by atoms with Gasteiger partial charge in [0.15, 0.2) is 0 Å². The highest BCUT2D eigenvalue weighted by Gasteiger charge is 2.49. The maximum atomic E-state index is 6.27. The van der Waals surface area contributed by atoms with E-state index < -0.39 is 0 Å². The van der Waals surface area contributed by atoms with E-state index in [0.717, 1.165) is 23.7 Å². The van der Waals surface area contributed by atoms with Crippen LogP contribution in [0.25, 0.3) is 0 Å². The molecule has 2 bridgehead atoms. The van der Waals surface area contributed by atoms with Gasteiger partial charge in [0, 0.05) is 6.04 Å². The molecule has 1 heteroatoms. The third-order valence-electron chi connectivity index (χ3n) is 4.74. The minimum atomic E-state index is 0.592. The van der Waals surface area contributed by atoms with Gasteiger partial charge in [-0.05, 0) is 42.9 Å². The number of fused-ring (bicyclic) bond motifs is 2. The Labute approximate surface area is 74.7 Å².